The van der Waals surface area contributed by atoms with Crippen LogP contribution in [0.15, 0.2) is 77.7 Å². The quantitative estimate of drug-likeness (QED) is 0.404. The first-order valence-electron chi connectivity index (χ1n) is 14.2. The standard InChI is InChI=1S/C32H39N3O5S/c1-25-12-15-29(16-13-25)41(38,39)21-19-34-32(37)26-14-17-30-27(22-26)23-33-18-8-3-2-4-9-20-35(30)31(36)24-40-28-10-6-5-7-11-28/h5-7,10-17,22,33H,2-4,8-9,18-21,23-24H2,1H3,(H,34,37). The van der Waals surface area contributed by atoms with E-state index in [1.54, 1.807) is 47.4 Å². The van der Waals surface area contributed by atoms with Crippen molar-refractivity contribution in [3.63, 3.8) is 0 Å². The van der Waals surface area contributed by atoms with Crippen LogP contribution in [0.25, 0.3) is 0 Å². The number of fused-ring (bicyclic) bond motifs is 1. The molecule has 3 aromatic carbocycles. The molecule has 1 heterocycles. The Morgan fingerprint density at radius 2 is 1.66 bits per heavy atom. The van der Waals surface area contributed by atoms with E-state index < -0.39 is 9.84 Å². The van der Waals surface area contributed by atoms with Gasteiger partial charge in [-0.25, -0.2) is 8.42 Å². The number of nitrogens with one attached hydrogen (secondary N) is 2. The lowest BCUT2D eigenvalue weighted by atomic mass is 10.0. The SMILES string of the molecule is Cc1ccc(S(=O)(=O)CCNC(=O)c2ccc3c(c2)CNCCCCCCCN3C(=O)COc2ccccc2)cc1. The fourth-order valence-electron chi connectivity index (χ4n) is 4.79. The highest BCUT2D eigenvalue weighted by Crippen LogP contribution is 2.25. The Hall–Kier alpha value is -3.69. The van der Waals surface area contributed by atoms with E-state index in [-0.39, 0.29) is 35.6 Å². The Kier molecular flexibility index (Phi) is 10.9. The molecule has 4 rings (SSSR count). The zero-order valence-corrected chi connectivity index (χ0v) is 24.4. The van der Waals surface area contributed by atoms with Crippen LogP contribution in [-0.4, -0.2) is 52.2 Å². The number of sulfone groups is 1. The summed E-state index contributed by atoms with van der Waals surface area (Å²) in [5.41, 5.74) is 2.97. The molecule has 8 nitrogen and oxygen atoms in total. The lowest BCUT2D eigenvalue weighted by Crippen LogP contribution is -2.37. The molecule has 1 aliphatic heterocycles. The molecule has 0 aromatic heterocycles. The van der Waals surface area contributed by atoms with Crippen LogP contribution >= 0.6 is 0 Å². The van der Waals surface area contributed by atoms with Crippen molar-refractivity contribution in [3.05, 3.63) is 89.5 Å². The van der Waals surface area contributed by atoms with Crippen molar-refractivity contribution >= 4 is 27.3 Å². The van der Waals surface area contributed by atoms with Gasteiger partial charge in [-0.15, -0.1) is 0 Å². The number of nitrogens with zero attached hydrogens (tertiary/aromatic N) is 1. The molecule has 1 aliphatic rings. The summed E-state index contributed by atoms with van der Waals surface area (Å²) in [5, 5.41) is 6.19. The highest BCUT2D eigenvalue weighted by Gasteiger charge is 2.21. The molecule has 0 bridgehead atoms. The summed E-state index contributed by atoms with van der Waals surface area (Å²) < 4.78 is 31.1. The third kappa shape index (κ3) is 8.90. The molecule has 0 unspecified atom stereocenters. The maximum absolute atomic E-state index is 13.4. The van der Waals surface area contributed by atoms with Gasteiger partial charge in [0.15, 0.2) is 16.4 Å². The second-order valence-corrected chi connectivity index (χ2v) is 12.4. The van der Waals surface area contributed by atoms with Crippen molar-refractivity contribution in [3.8, 4) is 5.75 Å². The molecule has 2 N–H and O–H groups in total. The topological polar surface area (TPSA) is 105 Å². The largest absolute Gasteiger partial charge is 0.484 e. The number of hydrogen-bond acceptors (Lipinski definition) is 6. The van der Waals surface area contributed by atoms with Gasteiger partial charge in [0.2, 0.25) is 0 Å². The molecular weight excluding hydrogens is 538 g/mol. The Balaban J connectivity index is 1.48. The number of para-hydroxylation sites is 1. The third-order valence-electron chi connectivity index (χ3n) is 7.13. The summed E-state index contributed by atoms with van der Waals surface area (Å²) in [6, 6.07) is 21.2. The minimum absolute atomic E-state index is 0.00812. The van der Waals surface area contributed by atoms with E-state index in [0.717, 1.165) is 55.5 Å². The molecule has 2 amide bonds. The van der Waals surface area contributed by atoms with Crippen LogP contribution in [0, 0.1) is 6.92 Å². The Labute approximate surface area is 243 Å². The molecule has 0 aliphatic carbocycles. The van der Waals surface area contributed by atoms with Gasteiger partial charge in [-0.05, 0) is 74.3 Å². The number of rotatable bonds is 8. The summed E-state index contributed by atoms with van der Waals surface area (Å²) in [7, 11) is -3.52. The van der Waals surface area contributed by atoms with Crippen molar-refractivity contribution in [2.24, 2.45) is 0 Å². The van der Waals surface area contributed by atoms with E-state index in [1.807, 2.05) is 37.3 Å². The van der Waals surface area contributed by atoms with Crippen LogP contribution < -0.4 is 20.3 Å². The summed E-state index contributed by atoms with van der Waals surface area (Å²) in [5.74, 6) is -0.0691. The molecule has 9 heteroatoms. The van der Waals surface area contributed by atoms with Crippen molar-refractivity contribution in [2.45, 2.75) is 50.5 Å². The fraction of sp³-hybridized carbons (Fsp3) is 0.375. The van der Waals surface area contributed by atoms with Crippen LogP contribution in [0.3, 0.4) is 0 Å². The molecule has 218 valence electrons. The van der Waals surface area contributed by atoms with Gasteiger partial charge in [0.25, 0.3) is 11.8 Å². The predicted molar refractivity (Wildman–Crippen MR) is 161 cm³/mol. The molecule has 0 spiro atoms. The van der Waals surface area contributed by atoms with Crippen molar-refractivity contribution in [2.75, 3.05) is 36.9 Å². The smallest absolute Gasteiger partial charge is 0.264 e. The highest BCUT2D eigenvalue weighted by atomic mass is 32.2. The van der Waals surface area contributed by atoms with Gasteiger partial charge in [-0.2, -0.15) is 0 Å². The van der Waals surface area contributed by atoms with Crippen LogP contribution in [0.2, 0.25) is 0 Å². The third-order valence-corrected chi connectivity index (χ3v) is 8.86. The van der Waals surface area contributed by atoms with E-state index >= 15 is 0 Å². The number of aryl methyl sites for hydroxylation is 1. The Morgan fingerprint density at radius 3 is 2.44 bits per heavy atom. The number of benzene rings is 3. The minimum atomic E-state index is -3.52. The maximum Gasteiger partial charge on any atom is 0.264 e. The molecule has 0 saturated heterocycles. The first-order valence-corrected chi connectivity index (χ1v) is 15.9. The number of hydrogen-bond donors (Lipinski definition) is 2. The first kappa shape index (κ1) is 30.3. The van der Waals surface area contributed by atoms with Gasteiger partial charge < -0.3 is 20.3 Å². The number of carbonyl (C=O) groups is 2. The van der Waals surface area contributed by atoms with E-state index in [1.165, 1.54) is 0 Å². The van der Waals surface area contributed by atoms with Gasteiger partial charge in [-0.3, -0.25) is 9.59 Å². The molecule has 3 aromatic rings. The molecule has 0 saturated carbocycles. The summed E-state index contributed by atoms with van der Waals surface area (Å²) in [4.78, 5) is 28.4. The van der Waals surface area contributed by atoms with E-state index in [9.17, 15) is 18.0 Å². The fourth-order valence-corrected chi connectivity index (χ4v) is 5.95. The van der Waals surface area contributed by atoms with Gasteiger partial charge in [0, 0.05) is 30.9 Å². The second kappa shape index (κ2) is 14.8. The van der Waals surface area contributed by atoms with Crippen LogP contribution in [-0.2, 0) is 21.2 Å². The lowest BCUT2D eigenvalue weighted by molar-refractivity contribution is -0.120. The Morgan fingerprint density at radius 1 is 0.927 bits per heavy atom. The van der Waals surface area contributed by atoms with Crippen LogP contribution in [0.4, 0.5) is 5.69 Å². The average molecular weight is 578 g/mol. The first-order chi connectivity index (χ1) is 19.8. The van der Waals surface area contributed by atoms with Crippen molar-refractivity contribution in [1.29, 1.82) is 0 Å². The van der Waals surface area contributed by atoms with Crippen LogP contribution in [0.1, 0.15) is 53.6 Å². The van der Waals surface area contributed by atoms with E-state index in [0.29, 0.717) is 24.4 Å². The Bertz CT molecular complexity index is 1410. The van der Waals surface area contributed by atoms with E-state index in [4.69, 9.17) is 4.74 Å². The van der Waals surface area contributed by atoms with Gasteiger partial charge >= 0.3 is 0 Å². The average Bonchev–Trinajstić information content (AvgIpc) is 2.97. The summed E-state index contributed by atoms with van der Waals surface area (Å²) in [6.45, 7) is 3.71. The minimum Gasteiger partial charge on any atom is -0.484 e. The summed E-state index contributed by atoms with van der Waals surface area (Å²) in [6.07, 6.45) is 5.22. The predicted octanol–water partition coefficient (Wildman–Crippen LogP) is 4.66. The lowest BCUT2D eigenvalue weighted by Gasteiger charge is -2.26. The van der Waals surface area contributed by atoms with E-state index in [2.05, 4.69) is 10.6 Å². The number of carbonyl (C=O) groups excluding carboxylic acids is 2. The second-order valence-electron chi connectivity index (χ2n) is 10.3. The molecule has 41 heavy (non-hydrogen) atoms. The molecule has 0 radical (unpaired) electrons. The monoisotopic (exact) mass is 577 g/mol. The zero-order chi connectivity index (χ0) is 29.1. The van der Waals surface area contributed by atoms with Crippen molar-refractivity contribution < 1.29 is 22.7 Å². The van der Waals surface area contributed by atoms with Gasteiger partial charge in [-0.1, -0.05) is 55.2 Å². The molecule has 0 fully saturated rings. The van der Waals surface area contributed by atoms with Crippen molar-refractivity contribution in [1.82, 2.24) is 10.6 Å². The molecular formula is C32H39N3O5S. The number of amides is 2. The maximum atomic E-state index is 13.4. The number of ether oxygens (including phenoxy) is 1. The van der Waals surface area contributed by atoms with Gasteiger partial charge in [0.1, 0.15) is 5.75 Å². The number of anilines is 1. The molecule has 0 atom stereocenters. The normalized spacial score (nSPS) is 14.7. The zero-order valence-electron chi connectivity index (χ0n) is 23.6. The highest BCUT2D eigenvalue weighted by molar-refractivity contribution is 7.91. The van der Waals surface area contributed by atoms with Crippen LogP contribution in [0.5, 0.6) is 5.75 Å². The van der Waals surface area contributed by atoms with Gasteiger partial charge in [0.05, 0.1) is 10.6 Å². The summed E-state index contributed by atoms with van der Waals surface area (Å²) >= 11 is 0.